The molecule has 1 atom stereocenters. The highest BCUT2D eigenvalue weighted by atomic mass is 79.9. The fourth-order valence-corrected chi connectivity index (χ4v) is 6.59. The first-order valence-corrected chi connectivity index (χ1v) is 14.7. The third-order valence-corrected chi connectivity index (χ3v) is 9.04. The van der Waals surface area contributed by atoms with Gasteiger partial charge in [-0.1, -0.05) is 34.1 Å². The maximum absolute atomic E-state index is 14.7. The van der Waals surface area contributed by atoms with Crippen LogP contribution in [-0.2, 0) is 22.7 Å². The van der Waals surface area contributed by atoms with Crippen molar-refractivity contribution in [3.63, 3.8) is 0 Å². The number of hydrogen-bond donors (Lipinski definition) is 1. The summed E-state index contributed by atoms with van der Waals surface area (Å²) < 4.78 is 21.6. The molecule has 3 aliphatic heterocycles. The summed E-state index contributed by atoms with van der Waals surface area (Å²) in [7, 11) is 0. The van der Waals surface area contributed by atoms with Crippen molar-refractivity contribution in [2.24, 2.45) is 0 Å². The van der Waals surface area contributed by atoms with Crippen molar-refractivity contribution in [3.05, 3.63) is 98.6 Å². The summed E-state index contributed by atoms with van der Waals surface area (Å²) in [5, 5.41) is 2.32. The molecular weight excluding hydrogens is 603 g/mol. The molecule has 3 aliphatic rings. The number of nitrogens with one attached hydrogen (secondary N) is 1. The van der Waals surface area contributed by atoms with Crippen LogP contribution in [0.3, 0.4) is 0 Å². The van der Waals surface area contributed by atoms with E-state index in [1.165, 1.54) is 11.0 Å². The van der Waals surface area contributed by atoms with Crippen molar-refractivity contribution in [2.75, 3.05) is 13.1 Å². The Morgan fingerprint density at radius 1 is 1.00 bits per heavy atom. The third-order valence-electron chi connectivity index (χ3n) is 8.30. The van der Waals surface area contributed by atoms with Gasteiger partial charge in [0.2, 0.25) is 11.8 Å². The number of rotatable bonds is 6. The highest BCUT2D eigenvalue weighted by molar-refractivity contribution is 9.10. The lowest BCUT2D eigenvalue weighted by Crippen LogP contribution is -2.52. The number of ether oxygens (including phenoxy) is 1. The minimum atomic E-state index is -0.721. The number of nitrogens with zero attached hydrogens (tertiary/aromatic N) is 3. The summed E-state index contributed by atoms with van der Waals surface area (Å²) in [6, 6.07) is 15.0. The number of hydrogen-bond acceptors (Lipinski definition) is 5. The number of halogens is 2. The molecule has 2 fully saturated rings. The van der Waals surface area contributed by atoms with Gasteiger partial charge in [0.05, 0.1) is 6.57 Å². The Bertz CT molecular complexity index is 1610. The van der Waals surface area contributed by atoms with Gasteiger partial charge >= 0.3 is 0 Å². The normalized spacial score (nSPS) is 19.4. The first kappa shape index (κ1) is 28.1. The van der Waals surface area contributed by atoms with Gasteiger partial charge in [0.15, 0.2) is 5.69 Å². The van der Waals surface area contributed by atoms with Crippen LogP contribution in [0.4, 0.5) is 10.1 Å². The summed E-state index contributed by atoms with van der Waals surface area (Å²) >= 11 is 3.68. The zero-order valence-corrected chi connectivity index (χ0v) is 24.3. The Labute approximate surface area is 251 Å². The van der Waals surface area contributed by atoms with E-state index in [1.807, 2.05) is 18.2 Å². The van der Waals surface area contributed by atoms with Gasteiger partial charge in [-0.2, -0.15) is 0 Å². The monoisotopic (exact) mass is 630 g/mol. The molecule has 0 aliphatic carbocycles. The van der Waals surface area contributed by atoms with E-state index >= 15 is 0 Å². The van der Waals surface area contributed by atoms with Gasteiger partial charge in [0.25, 0.3) is 5.91 Å². The zero-order valence-electron chi connectivity index (χ0n) is 22.7. The van der Waals surface area contributed by atoms with Gasteiger partial charge < -0.3 is 9.64 Å². The van der Waals surface area contributed by atoms with Crippen LogP contribution >= 0.6 is 15.9 Å². The molecule has 0 radical (unpaired) electrons. The minimum absolute atomic E-state index is 0.105. The van der Waals surface area contributed by atoms with Crippen LogP contribution in [0.25, 0.3) is 4.85 Å². The van der Waals surface area contributed by atoms with E-state index in [2.05, 4.69) is 31.0 Å². The molecule has 3 aromatic carbocycles. The second-order valence-corrected chi connectivity index (χ2v) is 11.8. The summed E-state index contributed by atoms with van der Waals surface area (Å²) in [5.74, 6) is -0.138. The largest absolute Gasteiger partial charge is 0.457 e. The molecule has 2 saturated heterocycles. The van der Waals surface area contributed by atoms with Crippen LogP contribution < -0.4 is 10.1 Å². The van der Waals surface area contributed by atoms with E-state index in [4.69, 9.17) is 11.3 Å². The molecule has 8 nitrogen and oxygen atoms in total. The van der Waals surface area contributed by atoms with Crippen molar-refractivity contribution < 1.29 is 23.5 Å². The molecule has 3 amide bonds. The van der Waals surface area contributed by atoms with Crippen molar-refractivity contribution in [1.29, 1.82) is 0 Å². The molecule has 1 unspecified atom stereocenters. The van der Waals surface area contributed by atoms with Crippen molar-refractivity contribution in [3.8, 4) is 11.5 Å². The topological polar surface area (TPSA) is 83.3 Å². The van der Waals surface area contributed by atoms with E-state index in [-0.39, 0.29) is 37.1 Å². The maximum Gasteiger partial charge on any atom is 0.255 e. The van der Waals surface area contributed by atoms with Crippen LogP contribution in [0, 0.1) is 12.4 Å². The molecule has 0 saturated carbocycles. The third kappa shape index (κ3) is 5.67. The number of imide groups is 1. The van der Waals surface area contributed by atoms with E-state index < -0.39 is 17.8 Å². The molecule has 10 heteroatoms. The van der Waals surface area contributed by atoms with E-state index in [0.29, 0.717) is 22.7 Å². The Morgan fingerprint density at radius 3 is 2.43 bits per heavy atom. The van der Waals surface area contributed by atoms with Gasteiger partial charge in [-0.05, 0) is 91.4 Å². The van der Waals surface area contributed by atoms with Crippen molar-refractivity contribution in [1.82, 2.24) is 15.1 Å². The lowest BCUT2D eigenvalue weighted by Gasteiger charge is -2.33. The number of fused-ring (bicyclic) bond motifs is 1. The average Bonchev–Trinajstić information content (AvgIpc) is 3.30. The number of amides is 3. The van der Waals surface area contributed by atoms with Gasteiger partial charge in [-0.15, -0.1) is 0 Å². The van der Waals surface area contributed by atoms with Gasteiger partial charge in [0, 0.05) is 29.5 Å². The molecule has 1 N–H and O–H groups in total. The Hall–Kier alpha value is -4.07. The Morgan fingerprint density at radius 2 is 1.74 bits per heavy atom. The highest BCUT2D eigenvalue weighted by Crippen LogP contribution is 2.38. The molecule has 42 heavy (non-hydrogen) atoms. The second-order valence-electron chi connectivity index (χ2n) is 10.9. The summed E-state index contributed by atoms with van der Waals surface area (Å²) in [5.41, 5.74) is 3.66. The summed E-state index contributed by atoms with van der Waals surface area (Å²) in [6.07, 6.45) is 2.10. The van der Waals surface area contributed by atoms with Crippen LogP contribution in [0.2, 0.25) is 0 Å². The number of carbonyl (C=O) groups is 3. The van der Waals surface area contributed by atoms with Crippen molar-refractivity contribution in [2.45, 2.75) is 50.7 Å². The molecular formula is C32H28BrFN4O4. The Kier molecular flexibility index (Phi) is 7.80. The van der Waals surface area contributed by atoms with Gasteiger partial charge in [-0.3, -0.25) is 24.6 Å². The lowest BCUT2D eigenvalue weighted by molar-refractivity contribution is -0.136. The lowest BCUT2D eigenvalue weighted by atomic mass is 9.85. The summed E-state index contributed by atoms with van der Waals surface area (Å²) in [4.78, 5) is 44.5. The smallest absolute Gasteiger partial charge is 0.255 e. The van der Waals surface area contributed by atoms with E-state index in [9.17, 15) is 18.8 Å². The molecule has 214 valence electrons. The van der Waals surface area contributed by atoms with Crippen LogP contribution in [0.5, 0.6) is 11.5 Å². The van der Waals surface area contributed by atoms with Crippen LogP contribution in [-0.4, -0.2) is 46.7 Å². The SMILES string of the molecule is [C-]#[N+]c1ccc(Oc2ccc(CN3CCC(c4cc(F)cc5c4CN(C4CCC(=O)NC4=O)C5=O)CC3)c(Br)c2)cc1. The van der Waals surface area contributed by atoms with Crippen molar-refractivity contribution >= 4 is 39.3 Å². The number of carbonyl (C=O) groups excluding carboxylic acids is 3. The number of likely N-dealkylation sites (tertiary alicyclic amines) is 1. The predicted molar refractivity (Wildman–Crippen MR) is 157 cm³/mol. The molecule has 0 bridgehead atoms. The molecule has 0 spiro atoms. The van der Waals surface area contributed by atoms with Crippen LogP contribution in [0.15, 0.2) is 59.1 Å². The number of benzene rings is 3. The molecule has 3 aromatic rings. The van der Waals surface area contributed by atoms with Crippen LogP contribution in [0.1, 0.15) is 58.6 Å². The second kappa shape index (κ2) is 11.7. The molecule has 0 aromatic heterocycles. The molecule has 3 heterocycles. The van der Waals surface area contributed by atoms with Gasteiger partial charge in [0.1, 0.15) is 23.4 Å². The maximum atomic E-state index is 14.7. The highest BCUT2D eigenvalue weighted by Gasteiger charge is 2.41. The molecule has 6 rings (SSSR count). The average molecular weight is 632 g/mol. The van der Waals surface area contributed by atoms with E-state index in [0.717, 1.165) is 53.6 Å². The van der Waals surface area contributed by atoms with Gasteiger partial charge in [-0.25, -0.2) is 9.24 Å². The predicted octanol–water partition coefficient (Wildman–Crippen LogP) is 6.07. The van der Waals surface area contributed by atoms with E-state index in [1.54, 1.807) is 30.3 Å². The zero-order chi connectivity index (χ0) is 29.4. The fourth-order valence-electron chi connectivity index (χ4n) is 6.10. The first-order chi connectivity index (χ1) is 20.3. The summed E-state index contributed by atoms with van der Waals surface area (Å²) in [6.45, 7) is 9.70. The minimum Gasteiger partial charge on any atom is -0.457 e. The standard InChI is InChI=1S/C32H28BrFN4O4/c1-35-22-3-6-23(7-4-22)42-24-5-2-20(28(33)16-24)17-37-12-10-19(11-13-37)25-14-21(34)15-26-27(25)18-38(32(26)41)29-8-9-30(39)36-31(29)40/h2-7,14-16,19,29H,8-13,17-18H2,(H,36,39,40). The fraction of sp³-hybridized carbons (Fsp3) is 0.312. The number of piperidine rings is 2. The Balaban J connectivity index is 1.10. The quantitative estimate of drug-likeness (QED) is 0.264. The first-order valence-electron chi connectivity index (χ1n) is 13.9.